The molecule has 0 fully saturated rings. The third-order valence-electron chi connectivity index (χ3n) is 4.41. The Balaban J connectivity index is 1.89. The summed E-state index contributed by atoms with van der Waals surface area (Å²) in [6.07, 6.45) is 0.470. The van der Waals surface area contributed by atoms with E-state index in [1.807, 2.05) is 6.92 Å². The number of nitrogens with two attached hydrogens (primary N) is 1. The Hall–Kier alpha value is -3.37. The first-order chi connectivity index (χ1) is 14.2. The van der Waals surface area contributed by atoms with Crippen molar-refractivity contribution in [3.8, 4) is 5.69 Å². The molecule has 10 heteroatoms. The Bertz CT molecular complexity index is 1240. The molecule has 1 amide bonds. The van der Waals surface area contributed by atoms with E-state index in [1.54, 1.807) is 6.07 Å². The number of hydrogen-bond acceptors (Lipinski definition) is 5. The number of amides is 1. The molecule has 2 aromatic carbocycles. The maximum Gasteiger partial charge on any atom is 0.272 e. The van der Waals surface area contributed by atoms with Gasteiger partial charge in [-0.25, -0.2) is 17.9 Å². The Labute approximate surface area is 172 Å². The summed E-state index contributed by atoms with van der Waals surface area (Å²) in [5.74, 6) is -1.02. The number of aromatic nitrogens is 2. The highest BCUT2D eigenvalue weighted by molar-refractivity contribution is 7.89. The highest BCUT2D eigenvalue weighted by Gasteiger charge is 2.18. The summed E-state index contributed by atoms with van der Waals surface area (Å²) in [6.45, 7) is 1.82. The molecule has 1 unspecified atom stereocenters. The van der Waals surface area contributed by atoms with Crippen LogP contribution in [0, 0.1) is 5.82 Å². The van der Waals surface area contributed by atoms with Crippen LogP contribution in [0.15, 0.2) is 70.4 Å². The summed E-state index contributed by atoms with van der Waals surface area (Å²) in [4.78, 5) is 24.8. The Morgan fingerprint density at radius 3 is 2.50 bits per heavy atom. The van der Waals surface area contributed by atoms with Gasteiger partial charge in [0.25, 0.3) is 11.5 Å². The summed E-state index contributed by atoms with van der Waals surface area (Å²) in [5, 5.41) is 12.0. The van der Waals surface area contributed by atoms with Gasteiger partial charge in [-0.3, -0.25) is 9.59 Å². The predicted molar refractivity (Wildman–Crippen MR) is 108 cm³/mol. The molecule has 0 saturated carbocycles. The van der Waals surface area contributed by atoms with Crippen molar-refractivity contribution in [3.63, 3.8) is 0 Å². The number of primary sulfonamides is 1. The van der Waals surface area contributed by atoms with E-state index in [0.717, 1.165) is 4.68 Å². The van der Waals surface area contributed by atoms with Crippen LogP contribution in [-0.2, 0) is 10.0 Å². The lowest BCUT2D eigenvalue weighted by Crippen LogP contribution is -2.31. The SMILES string of the molecule is CCC(NC(=O)c1ccc(=O)n(-c2ccc(F)cc2)n1)c1cccc(S(N)(=O)=O)c1. The van der Waals surface area contributed by atoms with Gasteiger partial charge in [-0.05, 0) is 54.4 Å². The number of nitrogens with zero attached hydrogens (tertiary/aromatic N) is 2. The van der Waals surface area contributed by atoms with Crippen molar-refractivity contribution >= 4 is 15.9 Å². The fourth-order valence-corrected chi connectivity index (χ4v) is 3.43. The summed E-state index contributed by atoms with van der Waals surface area (Å²) in [6, 6.07) is 13.1. The minimum absolute atomic E-state index is 0.0278. The average Bonchev–Trinajstić information content (AvgIpc) is 2.72. The molecule has 1 aromatic heterocycles. The van der Waals surface area contributed by atoms with E-state index in [2.05, 4.69) is 10.4 Å². The van der Waals surface area contributed by atoms with Crippen LogP contribution in [-0.4, -0.2) is 24.1 Å². The Morgan fingerprint density at radius 2 is 1.87 bits per heavy atom. The first-order valence-corrected chi connectivity index (χ1v) is 10.5. The molecule has 0 bridgehead atoms. The van der Waals surface area contributed by atoms with Crippen LogP contribution in [0.25, 0.3) is 5.69 Å². The van der Waals surface area contributed by atoms with Gasteiger partial charge in [0.15, 0.2) is 0 Å². The largest absolute Gasteiger partial charge is 0.344 e. The fourth-order valence-electron chi connectivity index (χ4n) is 2.86. The quantitative estimate of drug-likeness (QED) is 0.618. The minimum Gasteiger partial charge on any atom is -0.344 e. The van der Waals surface area contributed by atoms with E-state index < -0.39 is 33.3 Å². The second kappa shape index (κ2) is 8.56. The molecule has 0 spiro atoms. The van der Waals surface area contributed by atoms with Gasteiger partial charge in [0.2, 0.25) is 10.0 Å². The standard InChI is InChI=1S/C20H19FN4O4S/c1-2-17(13-4-3-5-16(12-13)30(22,28)29)23-20(27)18-10-11-19(26)25(24-18)15-8-6-14(21)7-9-15/h3-12,17H,2H2,1H3,(H,23,27)(H2,22,28,29). The number of rotatable bonds is 6. The number of halogens is 1. The van der Waals surface area contributed by atoms with Crippen LogP contribution in [0.1, 0.15) is 35.4 Å². The molecule has 0 aliphatic heterocycles. The van der Waals surface area contributed by atoms with Crippen molar-refractivity contribution in [2.75, 3.05) is 0 Å². The van der Waals surface area contributed by atoms with Crippen LogP contribution < -0.4 is 16.0 Å². The molecule has 3 N–H and O–H groups in total. The molecule has 3 aromatic rings. The first kappa shape index (κ1) is 21.3. The van der Waals surface area contributed by atoms with Crippen molar-refractivity contribution in [1.82, 2.24) is 15.1 Å². The third kappa shape index (κ3) is 4.78. The monoisotopic (exact) mass is 430 g/mol. The van der Waals surface area contributed by atoms with Crippen molar-refractivity contribution in [2.45, 2.75) is 24.3 Å². The predicted octanol–water partition coefficient (Wildman–Crippen LogP) is 1.90. The van der Waals surface area contributed by atoms with E-state index in [9.17, 15) is 22.4 Å². The Morgan fingerprint density at radius 1 is 1.17 bits per heavy atom. The van der Waals surface area contributed by atoms with Crippen LogP contribution in [0.4, 0.5) is 4.39 Å². The van der Waals surface area contributed by atoms with E-state index in [1.165, 1.54) is 54.6 Å². The molecule has 0 saturated heterocycles. The smallest absolute Gasteiger partial charge is 0.272 e. The molecule has 30 heavy (non-hydrogen) atoms. The van der Waals surface area contributed by atoms with Crippen molar-refractivity contribution < 1.29 is 17.6 Å². The number of carbonyl (C=O) groups excluding carboxylic acids is 1. The first-order valence-electron chi connectivity index (χ1n) is 8.99. The molecular weight excluding hydrogens is 411 g/mol. The van der Waals surface area contributed by atoms with Crippen LogP contribution >= 0.6 is 0 Å². The number of hydrogen-bond donors (Lipinski definition) is 2. The summed E-state index contributed by atoms with van der Waals surface area (Å²) >= 11 is 0. The molecular formula is C20H19FN4O4S. The zero-order chi connectivity index (χ0) is 21.9. The van der Waals surface area contributed by atoms with E-state index >= 15 is 0 Å². The molecule has 8 nitrogen and oxygen atoms in total. The molecule has 0 radical (unpaired) electrons. The average molecular weight is 430 g/mol. The molecule has 0 aliphatic rings. The fraction of sp³-hybridized carbons (Fsp3) is 0.150. The van der Waals surface area contributed by atoms with Crippen molar-refractivity contribution in [3.05, 3.63) is 88.1 Å². The summed E-state index contributed by atoms with van der Waals surface area (Å²) in [5.41, 5.74) is 0.360. The van der Waals surface area contributed by atoms with Crippen molar-refractivity contribution in [1.29, 1.82) is 0 Å². The van der Waals surface area contributed by atoms with E-state index in [4.69, 9.17) is 5.14 Å². The molecule has 1 heterocycles. The lowest BCUT2D eigenvalue weighted by atomic mass is 10.0. The number of nitrogens with one attached hydrogen (secondary N) is 1. The maximum absolute atomic E-state index is 13.1. The molecule has 156 valence electrons. The number of benzene rings is 2. The Kier molecular flexibility index (Phi) is 6.09. The summed E-state index contributed by atoms with van der Waals surface area (Å²) < 4.78 is 37.3. The highest BCUT2D eigenvalue weighted by Crippen LogP contribution is 2.20. The number of carbonyl (C=O) groups is 1. The van der Waals surface area contributed by atoms with Gasteiger partial charge >= 0.3 is 0 Å². The lowest BCUT2D eigenvalue weighted by molar-refractivity contribution is 0.0928. The molecule has 1 atom stereocenters. The highest BCUT2D eigenvalue weighted by atomic mass is 32.2. The van der Waals surface area contributed by atoms with Gasteiger partial charge < -0.3 is 5.32 Å². The number of sulfonamides is 1. The molecule has 0 aliphatic carbocycles. The zero-order valence-electron chi connectivity index (χ0n) is 15.9. The lowest BCUT2D eigenvalue weighted by Gasteiger charge is -2.18. The van der Waals surface area contributed by atoms with Gasteiger partial charge in [-0.15, -0.1) is 0 Å². The van der Waals surface area contributed by atoms with Crippen LogP contribution in [0.2, 0.25) is 0 Å². The van der Waals surface area contributed by atoms with Gasteiger partial charge in [0, 0.05) is 6.07 Å². The van der Waals surface area contributed by atoms with Crippen LogP contribution in [0.5, 0.6) is 0 Å². The van der Waals surface area contributed by atoms with Gasteiger partial charge in [-0.1, -0.05) is 19.1 Å². The second-order valence-electron chi connectivity index (χ2n) is 6.50. The minimum atomic E-state index is -3.88. The van der Waals surface area contributed by atoms with Gasteiger partial charge in [0.1, 0.15) is 11.5 Å². The molecule has 3 rings (SSSR count). The maximum atomic E-state index is 13.1. The normalized spacial score (nSPS) is 12.4. The summed E-state index contributed by atoms with van der Waals surface area (Å²) in [7, 11) is -3.88. The zero-order valence-corrected chi connectivity index (χ0v) is 16.8. The van der Waals surface area contributed by atoms with E-state index in [0.29, 0.717) is 17.7 Å². The third-order valence-corrected chi connectivity index (χ3v) is 5.32. The topological polar surface area (TPSA) is 124 Å². The van der Waals surface area contributed by atoms with Gasteiger partial charge in [0.05, 0.1) is 16.6 Å². The van der Waals surface area contributed by atoms with Crippen molar-refractivity contribution in [2.24, 2.45) is 5.14 Å². The van der Waals surface area contributed by atoms with E-state index in [-0.39, 0.29) is 10.6 Å². The second-order valence-corrected chi connectivity index (χ2v) is 8.06. The van der Waals surface area contributed by atoms with Gasteiger partial charge in [-0.2, -0.15) is 9.78 Å². The van der Waals surface area contributed by atoms with Crippen LogP contribution in [0.3, 0.4) is 0 Å².